The quantitative estimate of drug-likeness (QED) is 0.794. The highest BCUT2D eigenvalue weighted by Gasteiger charge is 2.28. The van der Waals surface area contributed by atoms with Gasteiger partial charge in [-0.1, -0.05) is 24.3 Å². The number of fused-ring (bicyclic) bond motifs is 2. The third-order valence-corrected chi connectivity index (χ3v) is 4.69. The topological polar surface area (TPSA) is 61.7 Å². The first-order valence-corrected chi connectivity index (χ1v) is 9.43. The minimum Gasteiger partial charge on any atom is -0.486 e. The third kappa shape index (κ3) is 3.99. The number of amides is 1. The minimum atomic E-state index is -0.232. The smallest absolute Gasteiger partial charge is 0.278 e. The third-order valence-electron chi connectivity index (χ3n) is 4.69. The number of rotatable bonds is 6. The van der Waals surface area contributed by atoms with Crippen molar-refractivity contribution in [2.75, 3.05) is 40.6 Å². The lowest BCUT2D eigenvalue weighted by Crippen LogP contribution is -3.07. The van der Waals surface area contributed by atoms with Crippen molar-refractivity contribution in [2.45, 2.75) is 12.6 Å². The Bertz CT molecular complexity index is 854. The maximum atomic E-state index is 12.9. The standard InChI is InChI=1S/C21H24N2O5/c1-22(2)12-20(24)23(10-15-6-5-9-19-21(15)27-14-26-19)11-16-13-25-17-7-3-4-8-18(17)28-16/h3-9,16H,10-14H2,1-2H3/p+1/t16-/m1/s1. The van der Waals surface area contributed by atoms with Gasteiger partial charge in [0.25, 0.3) is 5.91 Å². The molecule has 2 heterocycles. The summed E-state index contributed by atoms with van der Waals surface area (Å²) < 4.78 is 22.9. The number of hydrogen-bond donors (Lipinski definition) is 1. The summed E-state index contributed by atoms with van der Waals surface area (Å²) in [6.07, 6.45) is -0.232. The van der Waals surface area contributed by atoms with Crippen LogP contribution in [0.5, 0.6) is 23.0 Å². The molecule has 1 N–H and O–H groups in total. The van der Waals surface area contributed by atoms with Gasteiger partial charge in [-0.25, -0.2) is 0 Å². The second-order valence-electron chi connectivity index (χ2n) is 7.31. The van der Waals surface area contributed by atoms with Gasteiger partial charge in [-0.2, -0.15) is 0 Å². The van der Waals surface area contributed by atoms with Crippen molar-refractivity contribution in [2.24, 2.45) is 0 Å². The molecule has 2 aliphatic rings. The lowest BCUT2D eigenvalue weighted by molar-refractivity contribution is -0.849. The molecule has 148 valence electrons. The second-order valence-corrected chi connectivity index (χ2v) is 7.31. The number of likely N-dealkylation sites (N-methyl/N-ethyl adjacent to an activating group) is 1. The maximum absolute atomic E-state index is 12.9. The van der Waals surface area contributed by atoms with Crippen LogP contribution in [0, 0.1) is 0 Å². The van der Waals surface area contributed by atoms with E-state index >= 15 is 0 Å². The molecule has 28 heavy (non-hydrogen) atoms. The lowest BCUT2D eigenvalue weighted by Gasteiger charge is -2.31. The number of hydrogen-bond acceptors (Lipinski definition) is 5. The zero-order valence-corrected chi connectivity index (χ0v) is 16.1. The molecule has 0 unspecified atom stereocenters. The Kier molecular flexibility index (Phi) is 5.25. The predicted molar refractivity (Wildman–Crippen MR) is 102 cm³/mol. The Morgan fingerprint density at radius 2 is 1.82 bits per heavy atom. The van der Waals surface area contributed by atoms with Crippen LogP contribution in [-0.4, -0.2) is 57.5 Å². The number of ether oxygens (including phenoxy) is 4. The van der Waals surface area contributed by atoms with Gasteiger partial charge in [0.05, 0.1) is 20.6 Å². The molecule has 4 rings (SSSR count). The summed E-state index contributed by atoms with van der Waals surface area (Å²) >= 11 is 0. The van der Waals surface area contributed by atoms with Crippen LogP contribution in [-0.2, 0) is 11.3 Å². The highest BCUT2D eigenvalue weighted by Crippen LogP contribution is 2.36. The fraction of sp³-hybridized carbons (Fsp3) is 0.381. The zero-order valence-electron chi connectivity index (χ0n) is 16.1. The number of carbonyl (C=O) groups is 1. The lowest BCUT2D eigenvalue weighted by atomic mass is 10.1. The fourth-order valence-electron chi connectivity index (χ4n) is 3.39. The molecular formula is C21H25N2O5+. The number of nitrogens with one attached hydrogen (secondary N) is 1. The normalized spacial score (nSPS) is 16.9. The largest absolute Gasteiger partial charge is 0.486 e. The van der Waals surface area contributed by atoms with E-state index in [1.165, 1.54) is 0 Å². The summed E-state index contributed by atoms with van der Waals surface area (Å²) in [5, 5.41) is 0. The average Bonchev–Trinajstić information content (AvgIpc) is 3.16. The van der Waals surface area contributed by atoms with E-state index in [0.717, 1.165) is 16.2 Å². The Balaban J connectivity index is 1.51. The summed E-state index contributed by atoms with van der Waals surface area (Å²) in [6.45, 7) is 1.88. The first-order chi connectivity index (χ1) is 13.6. The molecule has 0 aliphatic carbocycles. The van der Waals surface area contributed by atoms with Crippen molar-refractivity contribution in [3.05, 3.63) is 48.0 Å². The van der Waals surface area contributed by atoms with Gasteiger partial charge in [0.15, 0.2) is 35.6 Å². The minimum absolute atomic E-state index is 0.0546. The van der Waals surface area contributed by atoms with E-state index < -0.39 is 0 Å². The Morgan fingerprint density at radius 3 is 2.64 bits per heavy atom. The average molecular weight is 385 g/mol. The van der Waals surface area contributed by atoms with Crippen LogP contribution in [0.3, 0.4) is 0 Å². The van der Waals surface area contributed by atoms with E-state index in [4.69, 9.17) is 18.9 Å². The van der Waals surface area contributed by atoms with E-state index in [-0.39, 0.29) is 18.8 Å². The predicted octanol–water partition coefficient (Wildman–Crippen LogP) is 0.728. The van der Waals surface area contributed by atoms with Crippen LogP contribution < -0.4 is 23.8 Å². The van der Waals surface area contributed by atoms with Gasteiger partial charge < -0.3 is 28.7 Å². The summed E-state index contributed by atoms with van der Waals surface area (Å²) in [5.74, 6) is 2.93. The first kappa shape index (κ1) is 18.4. The highest BCUT2D eigenvalue weighted by atomic mass is 16.7. The molecule has 1 atom stereocenters. The van der Waals surface area contributed by atoms with Crippen molar-refractivity contribution in [3.8, 4) is 23.0 Å². The van der Waals surface area contributed by atoms with Gasteiger partial charge >= 0.3 is 0 Å². The molecule has 1 amide bonds. The van der Waals surface area contributed by atoms with Crippen LogP contribution in [0.2, 0.25) is 0 Å². The zero-order chi connectivity index (χ0) is 19.5. The highest BCUT2D eigenvalue weighted by molar-refractivity contribution is 5.77. The summed E-state index contributed by atoms with van der Waals surface area (Å²) in [6, 6.07) is 13.3. The molecule has 7 nitrogen and oxygen atoms in total. The molecule has 0 fully saturated rings. The van der Waals surface area contributed by atoms with Gasteiger partial charge in [0.1, 0.15) is 6.61 Å². The summed E-state index contributed by atoms with van der Waals surface area (Å²) in [5.41, 5.74) is 0.925. The Hall–Kier alpha value is -2.93. The number of para-hydroxylation sites is 3. The van der Waals surface area contributed by atoms with Crippen molar-refractivity contribution >= 4 is 5.91 Å². The van der Waals surface area contributed by atoms with E-state index in [2.05, 4.69) is 0 Å². The number of benzene rings is 2. The van der Waals surface area contributed by atoms with Crippen molar-refractivity contribution in [1.82, 2.24) is 4.90 Å². The van der Waals surface area contributed by atoms with E-state index in [9.17, 15) is 4.79 Å². The molecule has 7 heteroatoms. The van der Waals surface area contributed by atoms with Crippen molar-refractivity contribution in [1.29, 1.82) is 0 Å². The molecule has 0 saturated heterocycles. The van der Waals surface area contributed by atoms with Crippen LogP contribution in [0.15, 0.2) is 42.5 Å². The molecular weight excluding hydrogens is 360 g/mol. The van der Waals surface area contributed by atoms with E-state index in [0.29, 0.717) is 43.5 Å². The molecule has 2 aromatic rings. The van der Waals surface area contributed by atoms with E-state index in [1.807, 2.05) is 61.5 Å². The first-order valence-electron chi connectivity index (χ1n) is 9.43. The number of nitrogens with zero attached hydrogens (tertiary/aromatic N) is 1. The summed E-state index contributed by atoms with van der Waals surface area (Å²) in [7, 11) is 3.92. The molecule has 0 saturated carbocycles. The van der Waals surface area contributed by atoms with Crippen LogP contribution in [0.25, 0.3) is 0 Å². The van der Waals surface area contributed by atoms with Crippen molar-refractivity contribution < 1.29 is 28.6 Å². The van der Waals surface area contributed by atoms with Gasteiger partial charge in [-0.15, -0.1) is 0 Å². The SMILES string of the molecule is C[NH+](C)CC(=O)N(Cc1cccc2c1OCO2)C[C@@H]1COc2ccccc2O1. The molecule has 0 radical (unpaired) electrons. The van der Waals surface area contributed by atoms with Gasteiger partial charge in [-0.3, -0.25) is 4.79 Å². The van der Waals surface area contributed by atoms with Gasteiger partial charge in [0, 0.05) is 12.1 Å². The van der Waals surface area contributed by atoms with Crippen molar-refractivity contribution in [3.63, 3.8) is 0 Å². The number of carbonyl (C=O) groups excluding carboxylic acids is 1. The Morgan fingerprint density at radius 1 is 1.04 bits per heavy atom. The second kappa shape index (κ2) is 7.98. The molecule has 0 spiro atoms. The fourth-order valence-corrected chi connectivity index (χ4v) is 3.39. The Labute approximate surface area is 164 Å². The summed E-state index contributed by atoms with van der Waals surface area (Å²) in [4.78, 5) is 15.8. The molecule has 2 aromatic carbocycles. The van der Waals surface area contributed by atoms with Gasteiger partial charge in [0.2, 0.25) is 6.79 Å². The van der Waals surface area contributed by atoms with Crippen LogP contribution in [0.4, 0.5) is 0 Å². The number of quaternary nitrogens is 1. The monoisotopic (exact) mass is 385 g/mol. The van der Waals surface area contributed by atoms with Crippen LogP contribution >= 0.6 is 0 Å². The van der Waals surface area contributed by atoms with Crippen LogP contribution in [0.1, 0.15) is 5.56 Å². The molecule has 2 aliphatic heterocycles. The molecule has 0 bridgehead atoms. The maximum Gasteiger partial charge on any atom is 0.278 e. The molecule has 0 aromatic heterocycles. The van der Waals surface area contributed by atoms with Gasteiger partial charge in [-0.05, 0) is 18.2 Å². The van der Waals surface area contributed by atoms with E-state index in [1.54, 1.807) is 0 Å².